The van der Waals surface area contributed by atoms with Gasteiger partial charge in [0.15, 0.2) is 0 Å². The van der Waals surface area contributed by atoms with E-state index in [2.05, 4.69) is 67.0 Å². The zero-order valence-corrected chi connectivity index (χ0v) is 17.9. The van der Waals surface area contributed by atoms with Gasteiger partial charge in [0.2, 0.25) is 0 Å². The molecular weight excluding hydrogens is 330 g/mol. The van der Waals surface area contributed by atoms with Crippen LogP contribution >= 0.6 is 0 Å². The summed E-state index contributed by atoms with van der Waals surface area (Å²) in [4.78, 5) is 0. The molecule has 2 heterocycles. The Morgan fingerprint density at radius 1 is 0.519 bits per heavy atom. The number of benzene rings is 1. The number of aryl methyl sites for hydroxylation is 6. The molecule has 0 bridgehead atoms. The number of aromatic nitrogens is 1. The summed E-state index contributed by atoms with van der Waals surface area (Å²) in [6, 6.07) is 0. The maximum Gasteiger partial charge on any atom is 0.104 e. The smallest absolute Gasteiger partial charge is 0.104 e. The van der Waals surface area contributed by atoms with E-state index in [9.17, 15) is 0 Å². The highest BCUT2D eigenvalue weighted by Gasteiger charge is 2.16. The van der Waals surface area contributed by atoms with Gasteiger partial charge in [-0.1, -0.05) is 14.9 Å². The van der Waals surface area contributed by atoms with Crippen LogP contribution in [-0.2, 0) is 7.05 Å². The fraction of sp³-hybridized carbons (Fsp3) is 0.520. The lowest BCUT2D eigenvalue weighted by Crippen LogP contribution is -1.97. The molecule has 2 nitrogen and oxygen atoms in total. The van der Waals surface area contributed by atoms with Crippen molar-refractivity contribution in [1.29, 1.82) is 0 Å². The first kappa shape index (κ1) is 25.0. The minimum Gasteiger partial charge on any atom is -0.466 e. The third kappa shape index (κ3) is 4.00. The molecular formula is C25H41NO. The molecule has 27 heavy (non-hydrogen) atoms. The Morgan fingerprint density at radius 3 is 1.30 bits per heavy atom. The monoisotopic (exact) mass is 371 g/mol. The van der Waals surface area contributed by atoms with E-state index in [1.165, 1.54) is 55.5 Å². The number of hydrogen-bond acceptors (Lipinski definition) is 1. The van der Waals surface area contributed by atoms with Crippen molar-refractivity contribution in [3.63, 3.8) is 0 Å². The van der Waals surface area contributed by atoms with Crippen LogP contribution in [0.15, 0.2) is 4.42 Å². The van der Waals surface area contributed by atoms with E-state index in [0.29, 0.717) is 0 Å². The van der Waals surface area contributed by atoms with Gasteiger partial charge in [-0.05, 0) is 108 Å². The summed E-state index contributed by atoms with van der Waals surface area (Å²) in [7, 11) is 2.17. The predicted octanol–water partition coefficient (Wildman–Crippen LogP) is 7.81. The van der Waals surface area contributed by atoms with E-state index in [4.69, 9.17) is 4.42 Å². The molecule has 0 fully saturated rings. The van der Waals surface area contributed by atoms with Gasteiger partial charge in [0.05, 0.1) is 5.52 Å². The summed E-state index contributed by atoms with van der Waals surface area (Å²) in [5, 5.41) is 1.46. The molecule has 0 atom stereocenters. The molecule has 0 radical (unpaired) electrons. The Balaban J connectivity index is 0.000000532. The van der Waals surface area contributed by atoms with E-state index in [1.807, 2.05) is 13.8 Å². The molecule has 3 aromatic rings. The van der Waals surface area contributed by atoms with Crippen LogP contribution in [0, 0.1) is 69.2 Å². The molecule has 2 heteroatoms. The molecule has 0 aliphatic rings. The second-order valence-electron chi connectivity index (χ2n) is 7.46. The summed E-state index contributed by atoms with van der Waals surface area (Å²) >= 11 is 0. The van der Waals surface area contributed by atoms with Crippen molar-refractivity contribution in [2.75, 3.05) is 0 Å². The summed E-state index contributed by atoms with van der Waals surface area (Å²) < 4.78 is 7.68. The van der Waals surface area contributed by atoms with E-state index in [-0.39, 0.29) is 14.9 Å². The molecule has 0 saturated heterocycles. The van der Waals surface area contributed by atoms with Crippen LogP contribution < -0.4 is 0 Å². The largest absolute Gasteiger partial charge is 0.466 e. The lowest BCUT2D eigenvalue weighted by Gasteiger charge is -2.12. The van der Waals surface area contributed by atoms with Crippen LogP contribution in [0.2, 0.25) is 0 Å². The van der Waals surface area contributed by atoms with Crippen molar-refractivity contribution in [2.45, 2.75) is 84.1 Å². The van der Waals surface area contributed by atoms with Crippen LogP contribution in [0.4, 0.5) is 0 Å². The van der Waals surface area contributed by atoms with Gasteiger partial charge in [0.25, 0.3) is 0 Å². The Labute approximate surface area is 167 Å². The quantitative estimate of drug-likeness (QED) is 0.394. The topological polar surface area (TPSA) is 18.1 Å². The van der Waals surface area contributed by atoms with Crippen molar-refractivity contribution >= 4 is 10.9 Å². The fourth-order valence-corrected chi connectivity index (χ4v) is 3.68. The highest BCUT2D eigenvalue weighted by Crippen LogP contribution is 2.34. The van der Waals surface area contributed by atoms with Crippen LogP contribution in [0.3, 0.4) is 0 Å². The predicted molar refractivity (Wildman–Crippen MR) is 122 cm³/mol. The lowest BCUT2D eigenvalue weighted by atomic mass is 9.94. The summed E-state index contributed by atoms with van der Waals surface area (Å²) in [5.41, 5.74) is 12.5. The van der Waals surface area contributed by atoms with E-state index in [0.717, 1.165) is 11.5 Å². The van der Waals surface area contributed by atoms with E-state index >= 15 is 0 Å². The molecule has 0 amide bonds. The first-order chi connectivity index (χ1) is 11.5. The minimum absolute atomic E-state index is 0. The van der Waals surface area contributed by atoms with Gasteiger partial charge in [0.1, 0.15) is 11.5 Å². The van der Waals surface area contributed by atoms with Crippen molar-refractivity contribution in [1.82, 2.24) is 4.57 Å². The Bertz CT molecular complexity index is 878. The first-order valence-electron chi connectivity index (χ1n) is 9.05. The zero-order valence-electron chi connectivity index (χ0n) is 17.9. The van der Waals surface area contributed by atoms with Gasteiger partial charge < -0.3 is 8.98 Å². The summed E-state index contributed by atoms with van der Waals surface area (Å²) in [6.07, 6.45) is 0. The number of furan rings is 1. The zero-order chi connectivity index (χ0) is 19.2. The first-order valence-corrected chi connectivity index (χ1v) is 9.05. The third-order valence-electron chi connectivity index (χ3n) is 6.34. The number of nitrogens with zero attached hydrogens (tertiary/aromatic N) is 1. The minimum atomic E-state index is 0. The number of rotatable bonds is 0. The summed E-state index contributed by atoms with van der Waals surface area (Å²) in [6.45, 7) is 21.6. The van der Waals surface area contributed by atoms with Crippen molar-refractivity contribution in [3.8, 4) is 0 Å². The van der Waals surface area contributed by atoms with Crippen LogP contribution in [0.5, 0.6) is 0 Å². The molecule has 152 valence electrons. The number of fused-ring (bicyclic) bond motifs is 1. The fourth-order valence-electron chi connectivity index (χ4n) is 3.68. The molecule has 0 unspecified atom stereocenters. The van der Waals surface area contributed by atoms with E-state index in [1.54, 1.807) is 0 Å². The van der Waals surface area contributed by atoms with Gasteiger partial charge in [-0.2, -0.15) is 0 Å². The summed E-state index contributed by atoms with van der Waals surface area (Å²) in [5.74, 6) is 2.09. The normalized spacial score (nSPS) is 10.2. The molecule has 0 aliphatic heterocycles. The maximum atomic E-state index is 5.34. The van der Waals surface area contributed by atoms with Gasteiger partial charge >= 0.3 is 0 Å². The van der Waals surface area contributed by atoms with Gasteiger partial charge in [-0.15, -0.1) is 0 Å². The Kier molecular flexibility index (Phi) is 8.18. The molecule has 0 N–H and O–H groups in total. The molecule has 1 aromatic carbocycles. The van der Waals surface area contributed by atoms with Crippen molar-refractivity contribution < 1.29 is 4.42 Å². The van der Waals surface area contributed by atoms with Crippen LogP contribution in [-0.4, -0.2) is 4.57 Å². The van der Waals surface area contributed by atoms with E-state index < -0.39 is 0 Å². The maximum absolute atomic E-state index is 5.34. The number of hydrogen-bond donors (Lipinski definition) is 0. The Morgan fingerprint density at radius 2 is 0.926 bits per heavy atom. The standard InChI is InChI=1S/C15H21N.C8H12O.2CH4/c1-8-9(2)11(4)15-14(10(8)3)12(5)13(6)16(15)7;1-5-6(2)8(4)9-7(5)3;;/h1-7H3;1-4H3;2*1H4. The lowest BCUT2D eigenvalue weighted by molar-refractivity contribution is 0.501. The Hall–Kier alpha value is -1.96. The van der Waals surface area contributed by atoms with Gasteiger partial charge in [-0.25, -0.2) is 0 Å². The highest BCUT2D eigenvalue weighted by atomic mass is 16.3. The molecule has 0 spiro atoms. The molecule has 2 aromatic heterocycles. The SMILES string of the molecule is C.C.Cc1c(C)c(C)c2c(c1C)c(C)c(C)n2C.Cc1oc(C)c(C)c1C. The molecule has 0 aliphatic carbocycles. The second kappa shape index (κ2) is 8.82. The molecule has 3 rings (SSSR count). The highest BCUT2D eigenvalue weighted by molar-refractivity contribution is 5.92. The van der Waals surface area contributed by atoms with Crippen LogP contribution in [0.25, 0.3) is 10.9 Å². The second-order valence-corrected chi connectivity index (χ2v) is 7.46. The third-order valence-corrected chi connectivity index (χ3v) is 6.34. The van der Waals surface area contributed by atoms with Gasteiger partial charge in [0, 0.05) is 18.1 Å². The van der Waals surface area contributed by atoms with Gasteiger partial charge in [-0.3, -0.25) is 0 Å². The molecule has 0 saturated carbocycles. The van der Waals surface area contributed by atoms with Crippen molar-refractivity contribution in [2.24, 2.45) is 7.05 Å². The van der Waals surface area contributed by atoms with Crippen LogP contribution in [0.1, 0.15) is 71.0 Å². The van der Waals surface area contributed by atoms with Crippen molar-refractivity contribution in [3.05, 3.63) is 56.2 Å². The average Bonchev–Trinajstić information content (AvgIpc) is 2.93. The average molecular weight is 372 g/mol.